The molecule has 4 aromatic rings. The fourth-order valence-electron chi connectivity index (χ4n) is 8.95. The second kappa shape index (κ2) is 16.0. The minimum absolute atomic E-state index is 0.0821. The van der Waals surface area contributed by atoms with Gasteiger partial charge in [0.2, 0.25) is 0 Å². The Hall–Kier alpha value is -3.73. The second-order valence-corrected chi connectivity index (χ2v) is 27.4. The summed E-state index contributed by atoms with van der Waals surface area (Å²) in [5, 5.41) is 0. The molecule has 4 aromatic carbocycles. The van der Waals surface area contributed by atoms with Crippen molar-refractivity contribution in [2.45, 2.75) is 139 Å². The molecule has 0 unspecified atom stereocenters. The van der Waals surface area contributed by atoms with Gasteiger partial charge >= 0.3 is 377 Å². The number of rotatable bonds is 4. The van der Waals surface area contributed by atoms with Crippen LogP contribution >= 0.6 is 0 Å². The van der Waals surface area contributed by atoms with Gasteiger partial charge in [-0.2, -0.15) is 0 Å². The molecule has 0 fully saturated rings. The summed E-state index contributed by atoms with van der Waals surface area (Å²) in [6.07, 6.45) is -16.2. The van der Waals surface area contributed by atoms with Gasteiger partial charge in [0.25, 0.3) is 0 Å². The van der Waals surface area contributed by atoms with Gasteiger partial charge in [0, 0.05) is 0 Å². The molecule has 0 aromatic heterocycles. The van der Waals surface area contributed by atoms with Crippen LogP contribution in [0.2, 0.25) is 0 Å². The van der Waals surface area contributed by atoms with Crippen LogP contribution in [0.3, 0.4) is 0 Å². The molecule has 0 atom stereocenters. The average molecular weight is 984 g/mol. The monoisotopic (exact) mass is 982 g/mol. The molecule has 0 spiro atoms. The molecule has 0 saturated heterocycles. The minimum atomic E-state index is -5.37. The van der Waals surface area contributed by atoms with E-state index in [4.69, 9.17) is 0 Å². The van der Waals surface area contributed by atoms with Gasteiger partial charge in [-0.3, -0.25) is 0 Å². The number of fused-ring (bicyclic) bond motifs is 3. The van der Waals surface area contributed by atoms with Crippen molar-refractivity contribution >= 4 is 3.21 Å². The van der Waals surface area contributed by atoms with Crippen molar-refractivity contribution in [2.24, 2.45) is 0 Å². The van der Waals surface area contributed by atoms with Crippen LogP contribution in [0.25, 0.3) is 11.1 Å². The van der Waals surface area contributed by atoms with Crippen molar-refractivity contribution in [1.82, 2.24) is 0 Å². The van der Waals surface area contributed by atoms with Gasteiger partial charge in [-0.15, -0.1) is 0 Å². The van der Waals surface area contributed by atoms with Gasteiger partial charge < -0.3 is 0 Å². The Labute approximate surface area is 375 Å². The van der Waals surface area contributed by atoms with E-state index in [1.165, 1.54) is 0 Å². The first-order valence-corrected chi connectivity index (χ1v) is 24.8. The van der Waals surface area contributed by atoms with Crippen molar-refractivity contribution in [3.63, 3.8) is 0 Å². The first-order chi connectivity index (χ1) is 28.8. The molecular weight excluding hydrogens is 932 g/mol. The third-order valence-corrected chi connectivity index (χ3v) is 20.3. The molecule has 0 N–H and O–H groups in total. The molecule has 2 aliphatic rings. The van der Waals surface area contributed by atoms with E-state index in [-0.39, 0.29) is 21.8 Å². The third kappa shape index (κ3) is 9.85. The Balaban J connectivity index is 1.98. The van der Waals surface area contributed by atoms with E-state index in [1.807, 2.05) is 53.7 Å². The van der Waals surface area contributed by atoms with Crippen molar-refractivity contribution in [2.75, 3.05) is 0 Å². The Kier molecular flexibility index (Phi) is 12.4. The Morgan fingerprint density at radius 2 is 0.719 bits per heavy atom. The molecule has 344 valence electrons. The molecule has 6 rings (SSSR count). The van der Waals surface area contributed by atoms with Gasteiger partial charge in [-0.05, 0) is 0 Å². The SMILES string of the molecule is CC(C)(C)c1cc2c(cc1C(C)(C)C)[CH]([Zr]([C]1=CC=CC1)=[C](c1cc(C(F)(F)F)cc(C(F)(F)F)c1)c1cc(C(F)(F)F)cc(C(F)(F)F)c1)c1cc(C(C)(C)C)c(C(C)(C)C)cc1-2. The van der Waals surface area contributed by atoms with Gasteiger partial charge in [-0.1, -0.05) is 0 Å². The summed E-state index contributed by atoms with van der Waals surface area (Å²) in [5.74, 6) is 0. The summed E-state index contributed by atoms with van der Waals surface area (Å²) in [6, 6.07) is 9.84. The number of halogens is 12. The zero-order valence-electron chi connectivity index (χ0n) is 37.8. The summed E-state index contributed by atoms with van der Waals surface area (Å²) < 4.78 is 176. The number of hydrogen-bond acceptors (Lipinski definition) is 0. The van der Waals surface area contributed by atoms with Crippen LogP contribution in [0.1, 0.15) is 160 Å². The maximum absolute atomic E-state index is 14.7. The quantitative estimate of drug-likeness (QED) is 0.179. The van der Waals surface area contributed by atoms with Gasteiger partial charge in [-0.25, -0.2) is 0 Å². The van der Waals surface area contributed by atoms with E-state index in [9.17, 15) is 52.7 Å². The molecule has 2 aliphatic carbocycles. The van der Waals surface area contributed by atoms with Crippen molar-refractivity contribution in [1.29, 1.82) is 0 Å². The summed E-state index contributed by atoms with van der Waals surface area (Å²) in [6.45, 7) is 24.4. The van der Waals surface area contributed by atoms with Gasteiger partial charge in [0.15, 0.2) is 0 Å². The van der Waals surface area contributed by atoms with Crippen LogP contribution in [0.4, 0.5) is 52.7 Å². The van der Waals surface area contributed by atoms with Crippen LogP contribution in [-0.2, 0) is 67.6 Å². The standard InChI is InChI=1S/C29H41.C17H6F12.C5H5.Zr/c1-26(2,3)22-14-18-13-19-15-23(27(4,5)6)25(29(10,11)12)17-21(19)20(18)16-24(22)28(7,8)9;18-14(19,20)10-2-8(3-11(6-10)15(21,22)23)1-9-4-12(16(24,25)26)7-13(5-9)17(27,28)29;1-2-4-5-3-1;/h13-17H,1-12H3;2-7H;1-3H,4H2;. The van der Waals surface area contributed by atoms with Crippen LogP contribution in [0.15, 0.2) is 82.2 Å². The molecule has 0 heterocycles. The van der Waals surface area contributed by atoms with E-state index >= 15 is 0 Å². The van der Waals surface area contributed by atoms with Gasteiger partial charge in [0.1, 0.15) is 0 Å². The van der Waals surface area contributed by atoms with E-state index in [2.05, 4.69) is 53.7 Å². The molecular formula is C51H52F12Zr. The van der Waals surface area contributed by atoms with Crippen LogP contribution in [0.5, 0.6) is 0 Å². The summed E-state index contributed by atoms with van der Waals surface area (Å²) in [5.41, 5.74) is -3.61. The van der Waals surface area contributed by atoms with Gasteiger partial charge in [0.05, 0.1) is 0 Å². The molecule has 0 saturated carbocycles. The van der Waals surface area contributed by atoms with E-state index < -0.39 is 105 Å². The molecule has 64 heavy (non-hydrogen) atoms. The normalized spacial score (nSPS) is 15.4. The number of alkyl halides is 12. The zero-order chi connectivity index (χ0) is 48.3. The molecule has 0 aliphatic heterocycles. The van der Waals surface area contributed by atoms with Crippen LogP contribution in [-0.4, -0.2) is 3.21 Å². The topological polar surface area (TPSA) is 0 Å². The van der Waals surface area contributed by atoms with E-state index in [1.54, 1.807) is 18.2 Å². The molecule has 0 nitrogen and oxygen atoms in total. The Morgan fingerprint density at radius 3 is 0.969 bits per heavy atom. The average Bonchev–Trinajstić information content (AvgIpc) is 3.76. The van der Waals surface area contributed by atoms with Crippen molar-refractivity contribution in [3.05, 3.63) is 149 Å². The fraction of sp³-hybridized carbons (Fsp3) is 0.431. The molecule has 0 bridgehead atoms. The number of benzene rings is 4. The fourth-order valence-corrected chi connectivity index (χ4v) is 17.8. The zero-order valence-corrected chi connectivity index (χ0v) is 40.3. The first kappa shape index (κ1) is 49.7. The molecule has 13 heteroatoms. The second-order valence-electron chi connectivity index (χ2n) is 21.1. The Morgan fingerprint density at radius 1 is 0.422 bits per heavy atom. The van der Waals surface area contributed by atoms with Crippen molar-refractivity contribution < 1.29 is 74.0 Å². The Bertz CT molecular complexity index is 2370. The number of allylic oxidation sites excluding steroid dienone is 4. The number of hydrogen-bond donors (Lipinski definition) is 0. The van der Waals surface area contributed by atoms with Crippen LogP contribution < -0.4 is 0 Å². The molecule has 0 radical (unpaired) electrons. The summed E-state index contributed by atoms with van der Waals surface area (Å²) in [4.78, 5) is 0. The first-order valence-electron chi connectivity index (χ1n) is 20.9. The maximum atomic E-state index is 14.7. The summed E-state index contributed by atoms with van der Waals surface area (Å²) >= 11 is -4.66. The third-order valence-electron chi connectivity index (χ3n) is 12.0. The predicted molar refractivity (Wildman–Crippen MR) is 226 cm³/mol. The molecule has 0 amide bonds. The van der Waals surface area contributed by atoms with Crippen LogP contribution in [0, 0.1) is 0 Å². The summed E-state index contributed by atoms with van der Waals surface area (Å²) in [7, 11) is 0. The van der Waals surface area contributed by atoms with Crippen molar-refractivity contribution in [3.8, 4) is 11.1 Å². The predicted octanol–water partition coefficient (Wildman–Crippen LogP) is 16.8. The van der Waals surface area contributed by atoms with E-state index in [0.29, 0.717) is 38.7 Å². The van der Waals surface area contributed by atoms with E-state index in [0.717, 1.165) is 33.4 Å².